The zero-order valence-corrected chi connectivity index (χ0v) is 19.6. The van der Waals surface area contributed by atoms with E-state index in [-0.39, 0.29) is 12.0 Å². The van der Waals surface area contributed by atoms with E-state index in [4.69, 9.17) is 11.6 Å². The molecular formula is C28H24ClNO2S. The molecule has 33 heavy (non-hydrogen) atoms. The van der Waals surface area contributed by atoms with Crippen LogP contribution in [0.3, 0.4) is 0 Å². The number of halogens is 1. The van der Waals surface area contributed by atoms with E-state index in [0.717, 1.165) is 23.1 Å². The molecule has 0 unspecified atom stereocenters. The maximum absolute atomic E-state index is 13.8. The summed E-state index contributed by atoms with van der Waals surface area (Å²) in [5.74, 6) is 0.220. The molecule has 5 heteroatoms. The molecule has 0 heterocycles. The van der Waals surface area contributed by atoms with E-state index in [2.05, 4.69) is 12.1 Å². The predicted octanol–water partition coefficient (Wildman–Crippen LogP) is 6.75. The summed E-state index contributed by atoms with van der Waals surface area (Å²) in [5.41, 5.74) is 4.12. The Kier molecular flexibility index (Phi) is 6.07. The second-order valence-corrected chi connectivity index (χ2v) is 10.7. The van der Waals surface area contributed by atoms with Gasteiger partial charge >= 0.3 is 0 Å². The van der Waals surface area contributed by atoms with Crippen molar-refractivity contribution < 1.29 is 8.42 Å². The van der Waals surface area contributed by atoms with Gasteiger partial charge < -0.3 is 0 Å². The second-order valence-electron chi connectivity index (χ2n) is 8.39. The summed E-state index contributed by atoms with van der Waals surface area (Å²) in [6, 6.07) is 34.6. The van der Waals surface area contributed by atoms with Crippen molar-refractivity contribution in [1.82, 2.24) is 4.31 Å². The lowest BCUT2D eigenvalue weighted by Gasteiger charge is -2.23. The van der Waals surface area contributed by atoms with Crippen LogP contribution in [0.4, 0.5) is 0 Å². The summed E-state index contributed by atoms with van der Waals surface area (Å²) in [5, 5.41) is 0.673. The molecule has 0 amide bonds. The molecule has 0 aromatic heterocycles. The molecule has 4 aromatic carbocycles. The van der Waals surface area contributed by atoms with E-state index in [1.54, 1.807) is 16.4 Å². The first-order valence-electron chi connectivity index (χ1n) is 11.0. The van der Waals surface area contributed by atoms with E-state index in [1.165, 1.54) is 5.56 Å². The highest BCUT2D eigenvalue weighted by Crippen LogP contribution is 2.47. The zero-order valence-electron chi connectivity index (χ0n) is 18.0. The number of nitrogens with zero attached hydrogens (tertiary/aromatic N) is 1. The molecule has 0 radical (unpaired) electrons. The van der Waals surface area contributed by atoms with Gasteiger partial charge in [-0.3, -0.25) is 0 Å². The topological polar surface area (TPSA) is 37.4 Å². The Labute approximate surface area is 200 Å². The Morgan fingerprint density at radius 1 is 0.727 bits per heavy atom. The average Bonchev–Trinajstić information content (AvgIpc) is 3.65. The van der Waals surface area contributed by atoms with Gasteiger partial charge in [-0.15, -0.1) is 0 Å². The number of rotatable bonds is 7. The third kappa shape index (κ3) is 4.74. The first kappa shape index (κ1) is 21.9. The van der Waals surface area contributed by atoms with Crippen LogP contribution in [0.2, 0.25) is 5.02 Å². The molecule has 0 spiro atoms. The third-order valence-electron chi connectivity index (χ3n) is 6.17. The monoisotopic (exact) mass is 473 g/mol. The Balaban J connectivity index is 1.45. The van der Waals surface area contributed by atoms with Gasteiger partial charge in [0.25, 0.3) is 0 Å². The van der Waals surface area contributed by atoms with Gasteiger partial charge in [0, 0.05) is 23.5 Å². The number of sulfonamides is 1. The van der Waals surface area contributed by atoms with Crippen LogP contribution in [0.25, 0.3) is 11.1 Å². The van der Waals surface area contributed by atoms with E-state index in [0.29, 0.717) is 16.5 Å². The van der Waals surface area contributed by atoms with Gasteiger partial charge in [0.15, 0.2) is 0 Å². The molecule has 1 saturated carbocycles. The van der Waals surface area contributed by atoms with Crippen molar-refractivity contribution in [2.75, 3.05) is 0 Å². The van der Waals surface area contributed by atoms with Gasteiger partial charge in [-0.25, -0.2) is 8.42 Å². The molecule has 166 valence electrons. The normalized spacial score (nSPS) is 17.8. The van der Waals surface area contributed by atoms with Crippen LogP contribution in [0.5, 0.6) is 0 Å². The summed E-state index contributed by atoms with van der Waals surface area (Å²) in [7, 11) is -3.67. The van der Waals surface area contributed by atoms with Gasteiger partial charge in [-0.1, -0.05) is 96.5 Å². The quantitative estimate of drug-likeness (QED) is 0.297. The fourth-order valence-electron chi connectivity index (χ4n) is 4.30. The summed E-state index contributed by atoms with van der Waals surface area (Å²) in [6.45, 7) is 0.357. The Morgan fingerprint density at radius 2 is 1.27 bits per heavy atom. The Bertz CT molecular complexity index is 1320. The lowest BCUT2D eigenvalue weighted by atomic mass is 10.1. The lowest BCUT2D eigenvalue weighted by Crippen LogP contribution is -2.33. The summed E-state index contributed by atoms with van der Waals surface area (Å²) >= 11 is 5.99. The van der Waals surface area contributed by atoms with Crippen molar-refractivity contribution in [3.05, 3.63) is 125 Å². The maximum atomic E-state index is 13.8. The van der Waals surface area contributed by atoms with Gasteiger partial charge in [0.1, 0.15) is 0 Å². The highest BCUT2D eigenvalue weighted by atomic mass is 35.5. The van der Waals surface area contributed by atoms with Crippen LogP contribution in [-0.4, -0.2) is 18.8 Å². The third-order valence-corrected chi connectivity index (χ3v) is 8.31. The fourth-order valence-corrected chi connectivity index (χ4v) is 6.08. The molecule has 0 bridgehead atoms. The van der Waals surface area contributed by atoms with Gasteiger partial charge in [-0.2, -0.15) is 4.31 Å². The molecule has 1 aliphatic carbocycles. The summed E-state index contributed by atoms with van der Waals surface area (Å²) in [6.07, 6.45) is 0.832. The second kappa shape index (κ2) is 9.14. The zero-order chi connectivity index (χ0) is 22.8. The lowest BCUT2D eigenvalue weighted by molar-refractivity contribution is 0.393. The van der Waals surface area contributed by atoms with E-state index < -0.39 is 10.0 Å². The van der Waals surface area contributed by atoms with Crippen LogP contribution in [-0.2, 0) is 16.6 Å². The standard InChI is InChI=1S/C28H24ClNO2S/c29-25-15-11-22(12-16-25)23-13-17-26(18-14-23)33(31,32)30(20-21-7-3-1-4-8-21)28-19-27(28)24-9-5-2-6-10-24/h1-18,27-28H,19-20H2/t27-,28+/m0/s1. The summed E-state index contributed by atoms with van der Waals surface area (Å²) < 4.78 is 29.3. The number of benzene rings is 4. The van der Waals surface area contributed by atoms with E-state index in [9.17, 15) is 8.42 Å². The largest absolute Gasteiger partial charge is 0.243 e. The van der Waals surface area contributed by atoms with Gasteiger partial charge in [0.05, 0.1) is 4.90 Å². The minimum atomic E-state index is -3.67. The van der Waals surface area contributed by atoms with Crippen molar-refractivity contribution in [3.8, 4) is 11.1 Å². The maximum Gasteiger partial charge on any atom is 0.243 e. The van der Waals surface area contributed by atoms with Crippen molar-refractivity contribution >= 4 is 21.6 Å². The molecule has 5 rings (SSSR count). The molecule has 1 aliphatic rings. The molecular weight excluding hydrogens is 450 g/mol. The van der Waals surface area contributed by atoms with Crippen LogP contribution >= 0.6 is 11.6 Å². The van der Waals surface area contributed by atoms with E-state index >= 15 is 0 Å². The van der Waals surface area contributed by atoms with Crippen molar-refractivity contribution in [2.45, 2.75) is 29.8 Å². The average molecular weight is 474 g/mol. The minimum Gasteiger partial charge on any atom is -0.207 e. The molecule has 4 aromatic rings. The Morgan fingerprint density at radius 3 is 1.88 bits per heavy atom. The van der Waals surface area contributed by atoms with Crippen molar-refractivity contribution in [1.29, 1.82) is 0 Å². The van der Waals surface area contributed by atoms with Crippen LogP contribution in [0, 0.1) is 0 Å². The van der Waals surface area contributed by atoms with Crippen molar-refractivity contribution in [2.24, 2.45) is 0 Å². The smallest absolute Gasteiger partial charge is 0.207 e. The highest BCUT2D eigenvalue weighted by molar-refractivity contribution is 7.89. The Hall–Kier alpha value is -2.92. The van der Waals surface area contributed by atoms with Gasteiger partial charge in [0.2, 0.25) is 10.0 Å². The summed E-state index contributed by atoms with van der Waals surface area (Å²) in [4.78, 5) is 0.315. The van der Waals surface area contributed by atoms with Crippen molar-refractivity contribution in [3.63, 3.8) is 0 Å². The minimum absolute atomic E-state index is 0.0476. The highest BCUT2D eigenvalue weighted by Gasteiger charge is 2.47. The number of hydrogen-bond acceptors (Lipinski definition) is 2. The molecule has 1 fully saturated rings. The fraction of sp³-hybridized carbons (Fsp3) is 0.143. The molecule has 0 N–H and O–H groups in total. The van der Waals surface area contributed by atoms with Crippen LogP contribution in [0.15, 0.2) is 114 Å². The van der Waals surface area contributed by atoms with Crippen LogP contribution < -0.4 is 0 Å². The van der Waals surface area contributed by atoms with Crippen LogP contribution in [0.1, 0.15) is 23.5 Å². The SMILES string of the molecule is O=S(=O)(c1ccc(-c2ccc(Cl)cc2)cc1)N(Cc1ccccc1)[C@@H]1C[C@H]1c1ccccc1. The van der Waals surface area contributed by atoms with E-state index in [1.807, 2.05) is 84.9 Å². The molecule has 0 aliphatic heterocycles. The number of hydrogen-bond donors (Lipinski definition) is 0. The molecule has 2 atom stereocenters. The molecule has 0 saturated heterocycles. The predicted molar refractivity (Wildman–Crippen MR) is 134 cm³/mol. The first-order valence-corrected chi connectivity index (χ1v) is 12.8. The van der Waals surface area contributed by atoms with Gasteiger partial charge in [-0.05, 0) is 52.9 Å². The molecule has 3 nitrogen and oxygen atoms in total. The first-order chi connectivity index (χ1) is 16.0.